The first-order valence-electron chi connectivity index (χ1n) is 5.72. The van der Waals surface area contributed by atoms with Gasteiger partial charge in [0.1, 0.15) is 6.61 Å². The van der Waals surface area contributed by atoms with Gasteiger partial charge in [-0.25, -0.2) is 4.79 Å². The van der Waals surface area contributed by atoms with E-state index in [2.05, 4.69) is 4.74 Å². The summed E-state index contributed by atoms with van der Waals surface area (Å²) in [6, 6.07) is 0. The Morgan fingerprint density at radius 2 is 1.62 bits per heavy atom. The molecule has 2 unspecified atom stereocenters. The number of carboxylic acid groups (broad SMARTS) is 1. The number of rotatable bonds is 9. The summed E-state index contributed by atoms with van der Waals surface area (Å²) in [5.74, 6) is 0. The van der Waals surface area contributed by atoms with Gasteiger partial charge in [-0.1, -0.05) is 13.8 Å². The van der Waals surface area contributed by atoms with Crippen LogP contribution in [0.4, 0.5) is 4.79 Å². The summed E-state index contributed by atoms with van der Waals surface area (Å²) >= 11 is 0. The predicted octanol–water partition coefficient (Wildman–Crippen LogP) is 2.29. The molecule has 0 bridgehead atoms. The van der Waals surface area contributed by atoms with Crippen molar-refractivity contribution in [3.8, 4) is 0 Å². The maximum absolute atomic E-state index is 10.2. The first-order chi connectivity index (χ1) is 7.63. The van der Waals surface area contributed by atoms with Crippen LogP contribution in [0, 0.1) is 0 Å². The third kappa shape index (κ3) is 7.48. The van der Waals surface area contributed by atoms with Crippen LogP contribution in [0.25, 0.3) is 0 Å². The Morgan fingerprint density at radius 3 is 2.06 bits per heavy atom. The zero-order valence-electron chi connectivity index (χ0n) is 10.3. The highest BCUT2D eigenvalue weighted by Crippen LogP contribution is 2.04. The summed E-state index contributed by atoms with van der Waals surface area (Å²) in [5.41, 5.74) is 0. The van der Waals surface area contributed by atoms with Crippen LogP contribution in [-0.2, 0) is 14.2 Å². The van der Waals surface area contributed by atoms with E-state index in [1.807, 2.05) is 20.8 Å². The van der Waals surface area contributed by atoms with E-state index in [9.17, 15) is 4.79 Å². The van der Waals surface area contributed by atoms with Gasteiger partial charge in [0, 0.05) is 6.61 Å². The summed E-state index contributed by atoms with van der Waals surface area (Å²) < 4.78 is 15.4. The normalized spacial score (nSPS) is 14.4. The average Bonchev–Trinajstić information content (AvgIpc) is 2.27. The van der Waals surface area contributed by atoms with Crippen LogP contribution in [0.2, 0.25) is 0 Å². The molecule has 0 aliphatic heterocycles. The Hall–Kier alpha value is -0.810. The molecule has 5 heteroatoms. The number of carbonyl (C=O) groups is 1. The highest BCUT2D eigenvalue weighted by atomic mass is 16.7. The lowest BCUT2D eigenvalue weighted by Crippen LogP contribution is -2.27. The van der Waals surface area contributed by atoms with Gasteiger partial charge in [0.25, 0.3) is 0 Å². The highest BCUT2D eigenvalue weighted by Gasteiger charge is 2.13. The predicted molar refractivity (Wildman–Crippen MR) is 59.7 cm³/mol. The van der Waals surface area contributed by atoms with E-state index >= 15 is 0 Å². The minimum Gasteiger partial charge on any atom is -0.450 e. The maximum Gasteiger partial charge on any atom is 0.505 e. The monoisotopic (exact) mass is 234 g/mol. The molecule has 0 radical (unpaired) electrons. The minimum atomic E-state index is -1.26. The van der Waals surface area contributed by atoms with Crippen molar-refractivity contribution in [2.45, 2.75) is 45.8 Å². The summed E-state index contributed by atoms with van der Waals surface area (Å²) in [7, 11) is 0. The second kappa shape index (κ2) is 9.42. The van der Waals surface area contributed by atoms with E-state index in [-0.39, 0.29) is 18.8 Å². The van der Waals surface area contributed by atoms with E-state index in [1.165, 1.54) is 0 Å². The molecule has 0 rings (SSSR count). The summed E-state index contributed by atoms with van der Waals surface area (Å²) in [5, 5.41) is 8.36. The Morgan fingerprint density at radius 1 is 1.06 bits per heavy atom. The molecule has 96 valence electrons. The molecule has 0 fully saturated rings. The van der Waals surface area contributed by atoms with Crippen LogP contribution in [0.15, 0.2) is 0 Å². The zero-order valence-corrected chi connectivity index (χ0v) is 10.3. The Labute approximate surface area is 96.7 Å². The Bertz CT molecular complexity index is 183. The van der Waals surface area contributed by atoms with Gasteiger partial charge in [-0.15, -0.1) is 0 Å². The SMILES string of the molecule is CCOC(CC)COC(CC)COC(=O)O. The van der Waals surface area contributed by atoms with Crippen LogP contribution >= 0.6 is 0 Å². The van der Waals surface area contributed by atoms with Gasteiger partial charge < -0.3 is 19.3 Å². The molecule has 0 amide bonds. The largest absolute Gasteiger partial charge is 0.505 e. The molecule has 0 aromatic heterocycles. The fourth-order valence-corrected chi connectivity index (χ4v) is 1.21. The van der Waals surface area contributed by atoms with E-state index in [0.29, 0.717) is 13.2 Å². The average molecular weight is 234 g/mol. The van der Waals surface area contributed by atoms with Gasteiger partial charge in [-0.3, -0.25) is 0 Å². The molecule has 0 heterocycles. The molecule has 16 heavy (non-hydrogen) atoms. The second-order valence-electron chi connectivity index (χ2n) is 3.43. The summed E-state index contributed by atoms with van der Waals surface area (Å²) in [6.07, 6.45) is 0.216. The standard InChI is InChI=1S/C11H22O5/c1-4-9(14-6-3)7-15-10(5-2)8-16-11(12)13/h9-10H,4-8H2,1-3H3,(H,12,13). The van der Waals surface area contributed by atoms with Gasteiger partial charge in [0.2, 0.25) is 0 Å². The van der Waals surface area contributed by atoms with Crippen molar-refractivity contribution in [2.24, 2.45) is 0 Å². The molecule has 0 aliphatic rings. The molecule has 0 aliphatic carbocycles. The smallest absolute Gasteiger partial charge is 0.450 e. The number of hydrogen-bond acceptors (Lipinski definition) is 4. The van der Waals surface area contributed by atoms with Crippen molar-refractivity contribution in [3.63, 3.8) is 0 Å². The van der Waals surface area contributed by atoms with Crippen molar-refractivity contribution in [2.75, 3.05) is 19.8 Å². The zero-order chi connectivity index (χ0) is 12.4. The molecule has 0 spiro atoms. The van der Waals surface area contributed by atoms with Crippen molar-refractivity contribution in [1.29, 1.82) is 0 Å². The fraction of sp³-hybridized carbons (Fsp3) is 0.909. The molecule has 0 aromatic rings. The van der Waals surface area contributed by atoms with Gasteiger partial charge in [0.15, 0.2) is 0 Å². The molecule has 0 aromatic carbocycles. The second-order valence-corrected chi connectivity index (χ2v) is 3.43. The van der Waals surface area contributed by atoms with Crippen molar-refractivity contribution < 1.29 is 24.1 Å². The molecule has 0 saturated carbocycles. The van der Waals surface area contributed by atoms with Crippen molar-refractivity contribution in [1.82, 2.24) is 0 Å². The first kappa shape index (κ1) is 15.2. The molecule has 1 N–H and O–H groups in total. The highest BCUT2D eigenvalue weighted by molar-refractivity contribution is 5.56. The van der Waals surface area contributed by atoms with E-state index in [1.54, 1.807) is 0 Å². The first-order valence-corrected chi connectivity index (χ1v) is 5.72. The third-order valence-electron chi connectivity index (χ3n) is 2.22. The number of hydrogen-bond donors (Lipinski definition) is 1. The Balaban J connectivity index is 3.79. The van der Waals surface area contributed by atoms with E-state index in [4.69, 9.17) is 14.6 Å². The fourth-order valence-electron chi connectivity index (χ4n) is 1.21. The van der Waals surface area contributed by atoms with E-state index < -0.39 is 6.16 Å². The minimum absolute atomic E-state index is 0.0730. The summed E-state index contributed by atoms with van der Waals surface area (Å²) in [6.45, 7) is 7.11. The lowest BCUT2D eigenvalue weighted by molar-refractivity contribution is -0.0624. The van der Waals surface area contributed by atoms with Gasteiger partial charge in [-0.05, 0) is 19.8 Å². The summed E-state index contributed by atoms with van der Waals surface area (Å²) in [4.78, 5) is 10.2. The number of ether oxygens (including phenoxy) is 3. The van der Waals surface area contributed by atoms with Crippen LogP contribution in [-0.4, -0.2) is 43.3 Å². The molecule has 2 atom stereocenters. The van der Waals surface area contributed by atoms with Crippen LogP contribution in [0.1, 0.15) is 33.6 Å². The molecule has 5 nitrogen and oxygen atoms in total. The molecular formula is C11H22O5. The lowest BCUT2D eigenvalue weighted by Gasteiger charge is -2.20. The van der Waals surface area contributed by atoms with Crippen molar-refractivity contribution in [3.05, 3.63) is 0 Å². The van der Waals surface area contributed by atoms with Gasteiger partial charge in [-0.2, -0.15) is 0 Å². The molecular weight excluding hydrogens is 212 g/mol. The topological polar surface area (TPSA) is 65.0 Å². The third-order valence-corrected chi connectivity index (χ3v) is 2.22. The van der Waals surface area contributed by atoms with Gasteiger partial charge in [0.05, 0.1) is 18.8 Å². The van der Waals surface area contributed by atoms with Gasteiger partial charge >= 0.3 is 6.16 Å². The van der Waals surface area contributed by atoms with Crippen molar-refractivity contribution >= 4 is 6.16 Å². The Kier molecular flexibility index (Phi) is 8.94. The maximum atomic E-state index is 10.2. The van der Waals surface area contributed by atoms with Crippen LogP contribution < -0.4 is 0 Å². The van der Waals surface area contributed by atoms with Crippen LogP contribution in [0.3, 0.4) is 0 Å². The lowest BCUT2D eigenvalue weighted by atomic mass is 10.2. The quantitative estimate of drug-likeness (QED) is 0.620. The van der Waals surface area contributed by atoms with E-state index in [0.717, 1.165) is 12.8 Å². The molecule has 0 saturated heterocycles. The van der Waals surface area contributed by atoms with Crippen LogP contribution in [0.5, 0.6) is 0 Å².